The van der Waals surface area contributed by atoms with E-state index in [0.29, 0.717) is 6.04 Å². The lowest BCUT2D eigenvalue weighted by Gasteiger charge is -2.29. The molecule has 5 nitrogen and oxygen atoms in total. The number of fused-ring (bicyclic) bond motifs is 2. The summed E-state index contributed by atoms with van der Waals surface area (Å²) in [5.41, 5.74) is 1.92. The van der Waals surface area contributed by atoms with Crippen LogP contribution in [0.5, 0.6) is 0 Å². The molecule has 0 radical (unpaired) electrons. The smallest absolute Gasteiger partial charge is 0.308 e. The highest BCUT2D eigenvalue weighted by Gasteiger charge is 2.51. The molecule has 2 bridgehead atoms. The van der Waals surface area contributed by atoms with Gasteiger partial charge < -0.3 is 5.11 Å². The van der Waals surface area contributed by atoms with E-state index in [2.05, 4.69) is 21.8 Å². The first-order valence-corrected chi connectivity index (χ1v) is 6.87. The Morgan fingerprint density at radius 3 is 2.79 bits per heavy atom. The van der Waals surface area contributed by atoms with E-state index in [1.807, 2.05) is 6.92 Å². The van der Waals surface area contributed by atoms with Crippen molar-refractivity contribution in [1.29, 1.82) is 0 Å². The highest BCUT2D eigenvalue weighted by molar-refractivity contribution is 5.71. The fourth-order valence-corrected chi connectivity index (χ4v) is 3.87. The molecule has 0 aliphatic carbocycles. The lowest BCUT2D eigenvalue weighted by molar-refractivity contribution is -0.142. The largest absolute Gasteiger partial charge is 0.481 e. The van der Waals surface area contributed by atoms with Crippen molar-refractivity contribution < 1.29 is 9.90 Å². The van der Waals surface area contributed by atoms with Gasteiger partial charge in [-0.2, -0.15) is 0 Å². The summed E-state index contributed by atoms with van der Waals surface area (Å²) in [4.78, 5) is 22.4. The number of rotatable bonds is 3. The summed E-state index contributed by atoms with van der Waals surface area (Å²) in [7, 11) is 0. The second-order valence-electron chi connectivity index (χ2n) is 5.63. The molecule has 19 heavy (non-hydrogen) atoms. The lowest BCUT2D eigenvalue weighted by Crippen LogP contribution is -2.35. The second kappa shape index (κ2) is 4.56. The topological polar surface area (TPSA) is 66.3 Å². The number of hydrogen-bond donors (Lipinski definition) is 1. The monoisotopic (exact) mass is 261 g/mol. The predicted molar refractivity (Wildman–Crippen MR) is 69.6 cm³/mol. The van der Waals surface area contributed by atoms with Gasteiger partial charge >= 0.3 is 5.97 Å². The maximum absolute atomic E-state index is 11.3. The highest BCUT2D eigenvalue weighted by atomic mass is 16.4. The Morgan fingerprint density at radius 1 is 1.42 bits per heavy atom. The lowest BCUT2D eigenvalue weighted by atomic mass is 9.89. The van der Waals surface area contributed by atoms with Gasteiger partial charge in [0.15, 0.2) is 0 Å². The Kier molecular flexibility index (Phi) is 3.01. The molecule has 0 aromatic carbocycles. The van der Waals surface area contributed by atoms with Gasteiger partial charge in [-0.25, -0.2) is 0 Å². The molecule has 0 saturated carbocycles. The Balaban J connectivity index is 1.87. The van der Waals surface area contributed by atoms with E-state index in [9.17, 15) is 9.90 Å². The van der Waals surface area contributed by atoms with Crippen LogP contribution in [0.4, 0.5) is 0 Å². The molecule has 2 aliphatic heterocycles. The Bertz CT molecular complexity index is 505. The average molecular weight is 261 g/mol. The summed E-state index contributed by atoms with van der Waals surface area (Å²) in [5, 5.41) is 9.31. The molecule has 0 spiro atoms. The van der Waals surface area contributed by atoms with E-state index < -0.39 is 5.97 Å². The molecular formula is C14H19N3O2. The highest BCUT2D eigenvalue weighted by Crippen LogP contribution is 2.46. The maximum Gasteiger partial charge on any atom is 0.308 e. The van der Waals surface area contributed by atoms with Crippen LogP contribution in [0.1, 0.15) is 43.6 Å². The summed E-state index contributed by atoms with van der Waals surface area (Å²) in [6, 6.07) is 0.706. The first kappa shape index (κ1) is 12.5. The first-order valence-electron chi connectivity index (χ1n) is 6.87. The standard InChI is InChI=1S/C14H19N3O2/c1-8-13(16-6-5-15-8)9(2)17-10-3-4-12(17)11(7-10)14(18)19/h5-6,9-12H,3-4,7H2,1-2H3,(H,18,19). The second-order valence-corrected chi connectivity index (χ2v) is 5.63. The zero-order valence-electron chi connectivity index (χ0n) is 11.3. The molecule has 102 valence electrons. The third-order valence-electron chi connectivity index (χ3n) is 4.67. The zero-order chi connectivity index (χ0) is 13.6. The number of carbonyl (C=O) groups is 1. The van der Waals surface area contributed by atoms with Crippen LogP contribution < -0.4 is 0 Å². The molecular weight excluding hydrogens is 242 g/mol. The Labute approximate surface area is 112 Å². The van der Waals surface area contributed by atoms with E-state index in [-0.39, 0.29) is 18.0 Å². The van der Waals surface area contributed by atoms with Gasteiger partial charge in [-0.05, 0) is 33.1 Å². The van der Waals surface area contributed by atoms with Crippen molar-refractivity contribution >= 4 is 5.97 Å². The van der Waals surface area contributed by atoms with E-state index in [1.54, 1.807) is 12.4 Å². The van der Waals surface area contributed by atoms with Crippen LogP contribution >= 0.6 is 0 Å². The molecule has 4 unspecified atom stereocenters. The van der Waals surface area contributed by atoms with Gasteiger partial charge in [-0.1, -0.05) is 0 Å². The van der Waals surface area contributed by atoms with Gasteiger partial charge in [-0.15, -0.1) is 0 Å². The first-order chi connectivity index (χ1) is 9.09. The van der Waals surface area contributed by atoms with Gasteiger partial charge in [0.2, 0.25) is 0 Å². The fourth-order valence-electron chi connectivity index (χ4n) is 3.87. The molecule has 3 heterocycles. The normalized spacial score (nSPS) is 31.6. The molecule has 2 saturated heterocycles. The quantitative estimate of drug-likeness (QED) is 0.898. The molecule has 2 aliphatic rings. The van der Waals surface area contributed by atoms with E-state index in [0.717, 1.165) is 30.7 Å². The molecule has 1 aromatic heterocycles. The van der Waals surface area contributed by atoms with Crippen LogP contribution in [0.25, 0.3) is 0 Å². The summed E-state index contributed by atoms with van der Waals surface area (Å²) < 4.78 is 0. The van der Waals surface area contributed by atoms with Crippen LogP contribution in [0.2, 0.25) is 0 Å². The van der Waals surface area contributed by atoms with Crippen molar-refractivity contribution in [2.24, 2.45) is 5.92 Å². The van der Waals surface area contributed by atoms with Gasteiger partial charge in [0.25, 0.3) is 0 Å². The van der Waals surface area contributed by atoms with E-state index in [1.165, 1.54) is 0 Å². The van der Waals surface area contributed by atoms with Crippen LogP contribution in [-0.2, 0) is 4.79 Å². The molecule has 3 rings (SSSR count). The van der Waals surface area contributed by atoms with Gasteiger partial charge in [0.1, 0.15) is 0 Å². The van der Waals surface area contributed by atoms with Gasteiger partial charge in [0.05, 0.1) is 23.3 Å². The van der Waals surface area contributed by atoms with Crippen LogP contribution in [-0.4, -0.2) is 38.0 Å². The summed E-state index contributed by atoms with van der Waals surface area (Å²) in [6.07, 6.45) is 6.29. The predicted octanol–water partition coefficient (Wildman–Crippen LogP) is 1.78. The van der Waals surface area contributed by atoms with Crippen LogP contribution in [0, 0.1) is 12.8 Å². The van der Waals surface area contributed by atoms with Crippen molar-refractivity contribution in [2.45, 2.75) is 51.2 Å². The number of aromatic nitrogens is 2. The zero-order valence-corrected chi connectivity index (χ0v) is 11.3. The minimum atomic E-state index is -0.653. The molecule has 1 aromatic rings. The summed E-state index contributed by atoms with van der Waals surface area (Å²) in [5.74, 6) is -0.863. The number of aliphatic carboxylic acids is 1. The minimum absolute atomic E-state index is 0.149. The number of carboxylic acid groups (broad SMARTS) is 1. The van der Waals surface area contributed by atoms with Crippen molar-refractivity contribution in [2.75, 3.05) is 0 Å². The average Bonchev–Trinajstić information content (AvgIpc) is 2.96. The van der Waals surface area contributed by atoms with Crippen molar-refractivity contribution in [1.82, 2.24) is 14.9 Å². The fraction of sp³-hybridized carbons (Fsp3) is 0.643. The molecule has 2 fully saturated rings. The Hall–Kier alpha value is -1.49. The SMILES string of the molecule is Cc1nccnc1C(C)N1C2CCC1C(C(=O)O)C2. The van der Waals surface area contributed by atoms with Crippen LogP contribution in [0.3, 0.4) is 0 Å². The van der Waals surface area contributed by atoms with Crippen molar-refractivity contribution in [3.63, 3.8) is 0 Å². The van der Waals surface area contributed by atoms with E-state index in [4.69, 9.17) is 0 Å². The molecule has 1 N–H and O–H groups in total. The Morgan fingerprint density at radius 2 is 2.16 bits per heavy atom. The third-order valence-corrected chi connectivity index (χ3v) is 4.67. The van der Waals surface area contributed by atoms with Gasteiger partial charge in [-0.3, -0.25) is 19.7 Å². The number of carboxylic acids is 1. The molecule has 5 heteroatoms. The summed E-state index contributed by atoms with van der Waals surface area (Å²) in [6.45, 7) is 4.08. The van der Waals surface area contributed by atoms with Crippen LogP contribution in [0.15, 0.2) is 12.4 Å². The minimum Gasteiger partial charge on any atom is -0.481 e. The molecule has 4 atom stereocenters. The van der Waals surface area contributed by atoms with Crippen molar-refractivity contribution in [3.05, 3.63) is 23.8 Å². The van der Waals surface area contributed by atoms with Gasteiger partial charge in [0, 0.05) is 24.5 Å². The molecule has 0 amide bonds. The van der Waals surface area contributed by atoms with Crippen molar-refractivity contribution in [3.8, 4) is 0 Å². The number of aryl methyl sites for hydroxylation is 1. The summed E-state index contributed by atoms with van der Waals surface area (Å²) >= 11 is 0. The third kappa shape index (κ3) is 1.92. The number of nitrogens with zero attached hydrogens (tertiary/aromatic N) is 3. The number of hydrogen-bond acceptors (Lipinski definition) is 4. The van der Waals surface area contributed by atoms with E-state index >= 15 is 0 Å². The maximum atomic E-state index is 11.3.